The number of methoxy groups -OCH3 is 1. The van der Waals surface area contributed by atoms with E-state index < -0.39 is 0 Å². The zero-order valence-corrected chi connectivity index (χ0v) is 11.6. The number of hydrogen-bond acceptors (Lipinski definition) is 3. The molecule has 0 amide bonds. The van der Waals surface area contributed by atoms with Crippen molar-refractivity contribution in [3.05, 3.63) is 28.8 Å². The zero-order chi connectivity index (χ0) is 12.8. The van der Waals surface area contributed by atoms with E-state index >= 15 is 0 Å². The van der Waals surface area contributed by atoms with Crippen LogP contribution < -0.4 is 15.4 Å². The fourth-order valence-corrected chi connectivity index (χ4v) is 2.59. The smallest absolute Gasteiger partial charge is 0.137 e. The van der Waals surface area contributed by atoms with Gasteiger partial charge < -0.3 is 15.4 Å². The van der Waals surface area contributed by atoms with E-state index in [1.165, 1.54) is 24.8 Å². The average molecular weight is 269 g/mol. The van der Waals surface area contributed by atoms with Gasteiger partial charge in [0.25, 0.3) is 0 Å². The molecule has 4 heteroatoms. The van der Waals surface area contributed by atoms with Gasteiger partial charge in [0.1, 0.15) is 5.75 Å². The second-order valence-corrected chi connectivity index (χ2v) is 5.15. The summed E-state index contributed by atoms with van der Waals surface area (Å²) in [7, 11) is 1.63. The highest BCUT2D eigenvalue weighted by molar-refractivity contribution is 6.32. The van der Waals surface area contributed by atoms with Gasteiger partial charge in [-0.3, -0.25) is 0 Å². The molecule has 2 rings (SSSR count). The Labute approximate surface area is 114 Å². The van der Waals surface area contributed by atoms with Crippen LogP contribution in [-0.4, -0.2) is 26.2 Å². The van der Waals surface area contributed by atoms with Crippen LogP contribution in [0.2, 0.25) is 5.02 Å². The molecule has 1 fully saturated rings. The average Bonchev–Trinajstić information content (AvgIpc) is 2.40. The van der Waals surface area contributed by atoms with E-state index in [1.807, 2.05) is 18.2 Å². The van der Waals surface area contributed by atoms with Crippen LogP contribution in [0.5, 0.6) is 5.75 Å². The molecular weight excluding hydrogens is 248 g/mol. The number of rotatable bonds is 5. The number of piperidine rings is 1. The summed E-state index contributed by atoms with van der Waals surface area (Å²) >= 11 is 6.09. The molecule has 0 bridgehead atoms. The third-order valence-electron chi connectivity index (χ3n) is 3.35. The highest BCUT2D eigenvalue weighted by Gasteiger charge is 2.11. The van der Waals surface area contributed by atoms with E-state index in [9.17, 15) is 0 Å². The van der Waals surface area contributed by atoms with Crippen molar-refractivity contribution in [3.63, 3.8) is 0 Å². The maximum atomic E-state index is 6.09. The molecule has 100 valence electrons. The molecule has 1 heterocycles. The Morgan fingerprint density at radius 2 is 2.33 bits per heavy atom. The first-order chi connectivity index (χ1) is 8.79. The van der Waals surface area contributed by atoms with Crippen LogP contribution in [0.1, 0.15) is 24.8 Å². The zero-order valence-electron chi connectivity index (χ0n) is 10.8. The van der Waals surface area contributed by atoms with E-state index in [0.717, 1.165) is 25.4 Å². The van der Waals surface area contributed by atoms with Gasteiger partial charge in [-0.25, -0.2) is 0 Å². The number of halogens is 1. The molecule has 1 aliphatic heterocycles. The largest absolute Gasteiger partial charge is 0.495 e. The SMILES string of the molecule is COc1ccc(CNCC2CCCCN2)cc1Cl. The van der Waals surface area contributed by atoms with Crippen molar-refractivity contribution in [1.29, 1.82) is 0 Å². The molecular formula is C14H21ClN2O. The predicted molar refractivity (Wildman–Crippen MR) is 75.4 cm³/mol. The van der Waals surface area contributed by atoms with Crippen LogP contribution >= 0.6 is 11.6 Å². The number of nitrogens with one attached hydrogen (secondary N) is 2. The van der Waals surface area contributed by atoms with Crippen LogP contribution in [0.3, 0.4) is 0 Å². The normalized spacial score (nSPS) is 19.8. The van der Waals surface area contributed by atoms with Gasteiger partial charge in [0, 0.05) is 19.1 Å². The molecule has 0 aromatic heterocycles. The monoisotopic (exact) mass is 268 g/mol. The summed E-state index contributed by atoms with van der Waals surface area (Å²) < 4.78 is 5.14. The Morgan fingerprint density at radius 1 is 1.44 bits per heavy atom. The van der Waals surface area contributed by atoms with E-state index in [0.29, 0.717) is 11.1 Å². The van der Waals surface area contributed by atoms with Crippen molar-refractivity contribution in [2.75, 3.05) is 20.2 Å². The molecule has 1 atom stereocenters. The Balaban J connectivity index is 1.77. The molecule has 18 heavy (non-hydrogen) atoms. The standard InChI is InChI=1S/C14H21ClN2O/c1-18-14-6-5-11(8-13(14)15)9-16-10-12-4-2-3-7-17-12/h5-6,8,12,16-17H,2-4,7,9-10H2,1H3. The van der Waals surface area contributed by atoms with Crippen LogP contribution in [-0.2, 0) is 6.54 Å². The van der Waals surface area contributed by atoms with Crippen LogP contribution in [0, 0.1) is 0 Å². The van der Waals surface area contributed by atoms with Gasteiger partial charge >= 0.3 is 0 Å². The van der Waals surface area contributed by atoms with Gasteiger partial charge in [0.05, 0.1) is 12.1 Å². The maximum Gasteiger partial charge on any atom is 0.137 e. The number of ether oxygens (including phenoxy) is 1. The molecule has 1 aromatic carbocycles. The van der Waals surface area contributed by atoms with Gasteiger partial charge in [-0.15, -0.1) is 0 Å². The van der Waals surface area contributed by atoms with Crippen molar-refractivity contribution in [2.24, 2.45) is 0 Å². The first-order valence-electron chi connectivity index (χ1n) is 6.56. The minimum atomic E-state index is 0.618. The van der Waals surface area contributed by atoms with Crippen molar-refractivity contribution in [2.45, 2.75) is 31.8 Å². The van der Waals surface area contributed by atoms with Crippen molar-refractivity contribution < 1.29 is 4.74 Å². The second-order valence-electron chi connectivity index (χ2n) is 4.75. The molecule has 1 saturated heterocycles. The van der Waals surface area contributed by atoms with E-state index in [4.69, 9.17) is 16.3 Å². The lowest BCUT2D eigenvalue weighted by atomic mass is 10.1. The topological polar surface area (TPSA) is 33.3 Å². The molecule has 1 aliphatic rings. The van der Waals surface area contributed by atoms with E-state index in [1.54, 1.807) is 7.11 Å². The quantitative estimate of drug-likeness (QED) is 0.861. The molecule has 1 aromatic rings. The molecule has 1 unspecified atom stereocenters. The van der Waals surface area contributed by atoms with Crippen LogP contribution in [0.25, 0.3) is 0 Å². The first-order valence-corrected chi connectivity index (χ1v) is 6.94. The third kappa shape index (κ3) is 3.87. The fourth-order valence-electron chi connectivity index (χ4n) is 2.31. The van der Waals surface area contributed by atoms with Crippen LogP contribution in [0.4, 0.5) is 0 Å². The summed E-state index contributed by atoms with van der Waals surface area (Å²) in [6.07, 6.45) is 3.93. The molecule has 0 spiro atoms. The van der Waals surface area contributed by atoms with Gasteiger partial charge in [0.15, 0.2) is 0 Å². The van der Waals surface area contributed by atoms with Crippen molar-refractivity contribution in [1.82, 2.24) is 10.6 Å². The van der Waals surface area contributed by atoms with Crippen molar-refractivity contribution in [3.8, 4) is 5.75 Å². The summed E-state index contributed by atoms with van der Waals surface area (Å²) in [4.78, 5) is 0. The summed E-state index contributed by atoms with van der Waals surface area (Å²) in [5.74, 6) is 0.731. The summed E-state index contributed by atoms with van der Waals surface area (Å²) in [6, 6.07) is 6.54. The summed E-state index contributed by atoms with van der Waals surface area (Å²) in [6.45, 7) is 3.02. The summed E-state index contributed by atoms with van der Waals surface area (Å²) in [5.41, 5.74) is 1.19. The summed E-state index contributed by atoms with van der Waals surface area (Å²) in [5, 5.41) is 7.67. The van der Waals surface area contributed by atoms with Crippen molar-refractivity contribution >= 4 is 11.6 Å². The highest BCUT2D eigenvalue weighted by atomic mass is 35.5. The molecule has 0 saturated carbocycles. The minimum absolute atomic E-state index is 0.618. The molecule has 0 radical (unpaired) electrons. The Morgan fingerprint density at radius 3 is 3.00 bits per heavy atom. The Hall–Kier alpha value is -0.770. The number of hydrogen-bond donors (Lipinski definition) is 2. The fraction of sp³-hybridized carbons (Fsp3) is 0.571. The third-order valence-corrected chi connectivity index (χ3v) is 3.64. The molecule has 3 nitrogen and oxygen atoms in total. The lowest BCUT2D eigenvalue weighted by Gasteiger charge is -2.23. The Bertz CT molecular complexity index is 378. The molecule has 0 aliphatic carbocycles. The maximum absolute atomic E-state index is 6.09. The minimum Gasteiger partial charge on any atom is -0.495 e. The number of benzene rings is 1. The van der Waals surface area contributed by atoms with Crippen LogP contribution in [0.15, 0.2) is 18.2 Å². The van der Waals surface area contributed by atoms with Gasteiger partial charge in [-0.2, -0.15) is 0 Å². The van der Waals surface area contributed by atoms with Gasteiger partial charge in [-0.05, 0) is 37.1 Å². The lowest BCUT2D eigenvalue weighted by Crippen LogP contribution is -2.41. The predicted octanol–water partition coefficient (Wildman–Crippen LogP) is 2.58. The van der Waals surface area contributed by atoms with E-state index in [-0.39, 0.29) is 0 Å². The van der Waals surface area contributed by atoms with Gasteiger partial charge in [0.2, 0.25) is 0 Å². The van der Waals surface area contributed by atoms with E-state index in [2.05, 4.69) is 10.6 Å². The highest BCUT2D eigenvalue weighted by Crippen LogP contribution is 2.24. The Kier molecular flexibility index (Phi) is 5.29. The first kappa shape index (κ1) is 13.7. The lowest BCUT2D eigenvalue weighted by molar-refractivity contribution is 0.383. The van der Waals surface area contributed by atoms with Gasteiger partial charge in [-0.1, -0.05) is 24.1 Å². The molecule has 2 N–H and O–H groups in total. The second kappa shape index (κ2) is 6.98.